The van der Waals surface area contributed by atoms with Crippen molar-refractivity contribution in [3.8, 4) is 6.07 Å². The van der Waals surface area contributed by atoms with Crippen LogP contribution in [0.5, 0.6) is 0 Å². The number of nitriles is 1. The Kier molecular flexibility index (Phi) is 5.68. The quantitative estimate of drug-likeness (QED) is 0.830. The Labute approximate surface area is 140 Å². The van der Waals surface area contributed by atoms with E-state index in [0.717, 1.165) is 9.87 Å². The van der Waals surface area contributed by atoms with E-state index in [2.05, 4.69) is 0 Å². The number of benzene rings is 2. The zero-order chi connectivity index (χ0) is 17.6. The van der Waals surface area contributed by atoms with Crippen molar-refractivity contribution >= 4 is 16.0 Å². The van der Waals surface area contributed by atoms with Gasteiger partial charge in [-0.3, -0.25) is 4.79 Å². The number of sulfonamides is 1. The number of hydrogen-bond donors (Lipinski definition) is 1. The van der Waals surface area contributed by atoms with Crippen LogP contribution in [0.3, 0.4) is 0 Å². The van der Waals surface area contributed by atoms with Gasteiger partial charge in [-0.2, -0.15) is 9.57 Å². The molecule has 2 aromatic rings. The third-order valence-electron chi connectivity index (χ3n) is 3.40. The third-order valence-corrected chi connectivity index (χ3v) is 5.26. The lowest BCUT2D eigenvalue weighted by atomic mass is 10.2. The van der Waals surface area contributed by atoms with Crippen LogP contribution in [0.15, 0.2) is 59.5 Å². The number of nitrogens with zero attached hydrogens (tertiary/aromatic N) is 2. The number of carbonyl (C=O) groups is 1. The summed E-state index contributed by atoms with van der Waals surface area (Å²) in [5.41, 5.74) is 1.12. The first-order chi connectivity index (χ1) is 11.4. The highest BCUT2D eigenvalue weighted by atomic mass is 32.2. The molecule has 0 spiro atoms. The van der Waals surface area contributed by atoms with Crippen molar-refractivity contribution in [1.29, 1.82) is 5.26 Å². The number of carboxylic acids is 1. The predicted octanol–water partition coefficient (Wildman–Crippen LogP) is 2.22. The molecule has 0 saturated heterocycles. The monoisotopic (exact) mass is 344 g/mol. The molecular formula is C17H16N2O4S. The topological polar surface area (TPSA) is 98.5 Å². The second-order valence-electron chi connectivity index (χ2n) is 5.10. The molecule has 2 rings (SSSR count). The maximum atomic E-state index is 12.8. The van der Waals surface area contributed by atoms with Crippen molar-refractivity contribution < 1.29 is 18.3 Å². The van der Waals surface area contributed by atoms with Crippen LogP contribution in [-0.4, -0.2) is 30.3 Å². The van der Waals surface area contributed by atoms with Gasteiger partial charge in [0.2, 0.25) is 10.0 Å². The second-order valence-corrected chi connectivity index (χ2v) is 7.04. The number of aliphatic carboxylic acids is 1. The van der Waals surface area contributed by atoms with Gasteiger partial charge in [-0.25, -0.2) is 8.42 Å². The van der Waals surface area contributed by atoms with Gasteiger partial charge in [-0.05, 0) is 29.8 Å². The lowest BCUT2D eigenvalue weighted by Gasteiger charge is -2.21. The molecule has 2 aromatic carbocycles. The molecule has 0 aliphatic heterocycles. The fraction of sp³-hybridized carbons (Fsp3) is 0.176. The molecule has 0 unspecified atom stereocenters. The van der Waals surface area contributed by atoms with Crippen molar-refractivity contribution in [2.75, 3.05) is 6.54 Å². The molecule has 0 aliphatic rings. The van der Waals surface area contributed by atoms with Crippen LogP contribution in [-0.2, 0) is 21.4 Å². The largest absolute Gasteiger partial charge is 0.481 e. The predicted molar refractivity (Wildman–Crippen MR) is 87.4 cm³/mol. The first-order valence-electron chi connectivity index (χ1n) is 7.19. The molecule has 0 heterocycles. The van der Waals surface area contributed by atoms with Crippen molar-refractivity contribution in [2.24, 2.45) is 0 Å². The smallest absolute Gasteiger partial charge is 0.304 e. The highest BCUT2D eigenvalue weighted by molar-refractivity contribution is 7.89. The zero-order valence-corrected chi connectivity index (χ0v) is 13.6. The summed E-state index contributed by atoms with van der Waals surface area (Å²) in [6.45, 7) is -0.0526. The summed E-state index contributed by atoms with van der Waals surface area (Å²) < 4.78 is 26.7. The molecule has 0 bridgehead atoms. The summed E-state index contributed by atoms with van der Waals surface area (Å²) in [6, 6.07) is 16.4. The Morgan fingerprint density at radius 2 is 1.71 bits per heavy atom. The minimum atomic E-state index is -3.86. The molecule has 6 nitrogen and oxygen atoms in total. The lowest BCUT2D eigenvalue weighted by molar-refractivity contribution is -0.137. The van der Waals surface area contributed by atoms with Crippen LogP contribution >= 0.6 is 0 Å². The van der Waals surface area contributed by atoms with Gasteiger partial charge in [0.1, 0.15) is 0 Å². The average molecular weight is 344 g/mol. The van der Waals surface area contributed by atoms with E-state index in [0.29, 0.717) is 5.56 Å². The molecule has 0 amide bonds. The number of carboxylic acid groups (broad SMARTS) is 1. The molecule has 0 saturated carbocycles. The van der Waals surface area contributed by atoms with Gasteiger partial charge >= 0.3 is 5.97 Å². The van der Waals surface area contributed by atoms with Gasteiger partial charge in [0.15, 0.2) is 0 Å². The minimum absolute atomic E-state index is 0.0304. The molecule has 0 fully saturated rings. The normalized spacial score (nSPS) is 11.2. The van der Waals surface area contributed by atoms with Gasteiger partial charge in [0, 0.05) is 13.1 Å². The Bertz CT molecular complexity index is 840. The minimum Gasteiger partial charge on any atom is -0.481 e. The molecule has 24 heavy (non-hydrogen) atoms. The van der Waals surface area contributed by atoms with Crippen molar-refractivity contribution in [1.82, 2.24) is 4.31 Å². The first-order valence-corrected chi connectivity index (χ1v) is 8.63. The lowest BCUT2D eigenvalue weighted by Crippen LogP contribution is -2.32. The highest BCUT2D eigenvalue weighted by Gasteiger charge is 2.25. The average Bonchev–Trinajstić information content (AvgIpc) is 2.59. The van der Waals surface area contributed by atoms with Gasteiger partial charge in [0.05, 0.1) is 22.9 Å². The van der Waals surface area contributed by atoms with Crippen LogP contribution in [0.2, 0.25) is 0 Å². The standard InChI is InChI=1S/C17H16N2O4S/c18-12-14-6-8-16(9-7-14)24(22,23)19(11-10-17(20)21)13-15-4-2-1-3-5-15/h1-9H,10-11,13H2,(H,20,21). The molecule has 0 atom stereocenters. The molecule has 0 aliphatic carbocycles. The highest BCUT2D eigenvalue weighted by Crippen LogP contribution is 2.19. The van der Waals surface area contributed by atoms with Crippen molar-refractivity contribution in [3.05, 3.63) is 65.7 Å². The Balaban J connectivity index is 2.32. The number of rotatable bonds is 7. The van der Waals surface area contributed by atoms with Gasteiger partial charge < -0.3 is 5.11 Å². The molecule has 0 aromatic heterocycles. The van der Waals surface area contributed by atoms with E-state index in [-0.39, 0.29) is 24.4 Å². The fourth-order valence-corrected chi connectivity index (χ4v) is 3.57. The number of hydrogen-bond acceptors (Lipinski definition) is 4. The molecule has 0 radical (unpaired) electrons. The maximum absolute atomic E-state index is 12.8. The molecule has 124 valence electrons. The Morgan fingerprint density at radius 1 is 1.08 bits per heavy atom. The second kappa shape index (κ2) is 7.73. The van der Waals surface area contributed by atoms with Crippen molar-refractivity contribution in [2.45, 2.75) is 17.9 Å². The molecular weight excluding hydrogens is 328 g/mol. The maximum Gasteiger partial charge on any atom is 0.304 e. The summed E-state index contributed by atoms with van der Waals surface area (Å²) in [5.74, 6) is -1.07. The summed E-state index contributed by atoms with van der Waals surface area (Å²) in [5, 5.41) is 17.7. The summed E-state index contributed by atoms with van der Waals surface area (Å²) in [4.78, 5) is 10.9. The van der Waals surface area contributed by atoms with Gasteiger partial charge in [0.25, 0.3) is 0 Å². The van der Waals surface area contributed by atoms with Crippen LogP contribution < -0.4 is 0 Å². The van der Waals surface area contributed by atoms with Crippen LogP contribution in [0.1, 0.15) is 17.5 Å². The van der Waals surface area contributed by atoms with E-state index in [1.807, 2.05) is 12.1 Å². The van der Waals surface area contributed by atoms with Gasteiger partial charge in [-0.1, -0.05) is 30.3 Å². The Morgan fingerprint density at radius 3 is 2.25 bits per heavy atom. The van der Waals surface area contributed by atoms with E-state index in [1.54, 1.807) is 24.3 Å². The van der Waals surface area contributed by atoms with E-state index in [4.69, 9.17) is 10.4 Å². The van der Waals surface area contributed by atoms with E-state index < -0.39 is 16.0 Å². The molecule has 1 N–H and O–H groups in total. The SMILES string of the molecule is N#Cc1ccc(S(=O)(=O)N(CCC(=O)O)Cc2ccccc2)cc1. The fourth-order valence-electron chi connectivity index (χ4n) is 2.14. The van der Waals surface area contributed by atoms with E-state index >= 15 is 0 Å². The van der Waals surface area contributed by atoms with Crippen molar-refractivity contribution in [3.63, 3.8) is 0 Å². The molecule has 7 heteroatoms. The van der Waals surface area contributed by atoms with E-state index in [1.165, 1.54) is 24.3 Å². The van der Waals surface area contributed by atoms with Crippen LogP contribution in [0, 0.1) is 11.3 Å². The summed E-state index contributed by atoms with van der Waals surface area (Å²) >= 11 is 0. The first kappa shape index (κ1) is 17.7. The summed E-state index contributed by atoms with van der Waals surface area (Å²) in [6.07, 6.45) is -0.289. The van der Waals surface area contributed by atoms with Crippen LogP contribution in [0.4, 0.5) is 0 Å². The van der Waals surface area contributed by atoms with Gasteiger partial charge in [-0.15, -0.1) is 0 Å². The third kappa shape index (κ3) is 4.41. The van der Waals surface area contributed by atoms with Crippen LogP contribution in [0.25, 0.3) is 0 Å². The Hall–Kier alpha value is -2.69. The zero-order valence-electron chi connectivity index (χ0n) is 12.8. The summed E-state index contributed by atoms with van der Waals surface area (Å²) in [7, 11) is -3.86. The van der Waals surface area contributed by atoms with E-state index in [9.17, 15) is 13.2 Å².